The van der Waals surface area contributed by atoms with Gasteiger partial charge in [-0.1, -0.05) is 0 Å². The average molecular weight is 197 g/mol. The molecule has 0 spiro atoms. The van der Waals surface area contributed by atoms with E-state index in [-0.39, 0.29) is 0 Å². The molecule has 0 radical (unpaired) electrons. The Labute approximate surface area is 85.3 Å². The van der Waals surface area contributed by atoms with Gasteiger partial charge in [-0.15, -0.1) is 0 Å². The molecule has 0 fully saturated rings. The Bertz CT molecular complexity index is 260. The molecule has 1 N–H and O–H groups in total. The van der Waals surface area contributed by atoms with Crippen molar-refractivity contribution in [1.82, 2.24) is 15.1 Å². The second-order valence-electron chi connectivity index (χ2n) is 3.25. The van der Waals surface area contributed by atoms with Crippen LogP contribution in [0, 0.1) is 0 Å². The first-order valence-electron chi connectivity index (χ1n) is 5.04. The highest BCUT2D eigenvalue weighted by molar-refractivity contribution is 5.04. The van der Waals surface area contributed by atoms with Crippen LogP contribution in [0.5, 0.6) is 0 Å². The van der Waals surface area contributed by atoms with Gasteiger partial charge in [-0.05, 0) is 19.9 Å². The van der Waals surface area contributed by atoms with E-state index in [2.05, 4.69) is 17.3 Å². The summed E-state index contributed by atoms with van der Waals surface area (Å²) >= 11 is 0. The third-order valence-electron chi connectivity index (χ3n) is 2.20. The molecule has 1 unspecified atom stereocenters. The fraction of sp³-hybridized carbons (Fsp3) is 0.700. The van der Waals surface area contributed by atoms with Crippen molar-refractivity contribution >= 4 is 0 Å². The van der Waals surface area contributed by atoms with Gasteiger partial charge >= 0.3 is 0 Å². The van der Waals surface area contributed by atoms with E-state index >= 15 is 0 Å². The van der Waals surface area contributed by atoms with Gasteiger partial charge in [-0.25, -0.2) is 0 Å². The van der Waals surface area contributed by atoms with E-state index in [4.69, 9.17) is 4.74 Å². The molecule has 1 heterocycles. The second-order valence-corrected chi connectivity index (χ2v) is 3.25. The lowest BCUT2D eigenvalue weighted by Crippen LogP contribution is -2.24. The molecular formula is C10H19N3O. The average Bonchev–Trinajstić information content (AvgIpc) is 2.59. The van der Waals surface area contributed by atoms with E-state index in [0.29, 0.717) is 6.04 Å². The number of aromatic nitrogens is 2. The Kier molecular flexibility index (Phi) is 4.62. The summed E-state index contributed by atoms with van der Waals surface area (Å²) in [5.41, 5.74) is 1.20. The normalized spacial score (nSPS) is 13.1. The van der Waals surface area contributed by atoms with Crippen LogP contribution < -0.4 is 5.32 Å². The third kappa shape index (κ3) is 3.12. The molecule has 0 aromatic carbocycles. The van der Waals surface area contributed by atoms with Crippen molar-refractivity contribution in [3.8, 4) is 0 Å². The molecule has 1 rings (SSSR count). The van der Waals surface area contributed by atoms with Gasteiger partial charge in [-0.2, -0.15) is 5.10 Å². The summed E-state index contributed by atoms with van der Waals surface area (Å²) in [6.07, 6.45) is 1.82. The number of hydrogen-bond acceptors (Lipinski definition) is 3. The fourth-order valence-electron chi connectivity index (χ4n) is 1.41. The highest BCUT2D eigenvalue weighted by Gasteiger charge is 2.07. The lowest BCUT2D eigenvalue weighted by Gasteiger charge is -2.13. The summed E-state index contributed by atoms with van der Waals surface area (Å²) in [7, 11) is 1.95. The Balaban J connectivity index is 2.28. The van der Waals surface area contributed by atoms with Crippen LogP contribution in [-0.4, -0.2) is 29.5 Å². The zero-order chi connectivity index (χ0) is 10.4. The van der Waals surface area contributed by atoms with Gasteiger partial charge in [0.2, 0.25) is 0 Å². The predicted octanol–water partition coefficient (Wildman–Crippen LogP) is 1.11. The van der Waals surface area contributed by atoms with Crippen molar-refractivity contribution in [2.24, 2.45) is 7.05 Å². The smallest absolute Gasteiger partial charge is 0.0590 e. The molecule has 14 heavy (non-hydrogen) atoms. The molecule has 0 bridgehead atoms. The monoisotopic (exact) mass is 197 g/mol. The van der Waals surface area contributed by atoms with Crippen LogP contribution in [0.15, 0.2) is 12.3 Å². The van der Waals surface area contributed by atoms with Gasteiger partial charge in [0.1, 0.15) is 0 Å². The number of aryl methyl sites for hydroxylation is 1. The maximum Gasteiger partial charge on any atom is 0.0590 e. The van der Waals surface area contributed by atoms with E-state index in [1.807, 2.05) is 30.9 Å². The van der Waals surface area contributed by atoms with Gasteiger partial charge in [-0.3, -0.25) is 4.68 Å². The summed E-state index contributed by atoms with van der Waals surface area (Å²) in [6, 6.07) is 2.35. The molecule has 0 saturated carbocycles. The maximum absolute atomic E-state index is 5.25. The fourth-order valence-corrected chi connectivity index (χ4v) is 1.41. The zero-order valence-corrected chi connectivity index (χ0v) is 9.16. The first-order valence-corrected chi connectivity index (χ1v) is 5.04. The van der Waals surface area contributed by atoms with Crippen molar-refractivity contribution in [1.29, 1.82) is 0 Å². The van der Waals surface area contributed by atoms with Crippen LogP contribution in [0.25, 0.3) is 0 Å². The first kappa shape index (κ1) is 11.2. The van der Waals surface area contributed by atoms with Gasteiger partial charge in [0, 0.05) is 32.4 Å². The Morgan fingerprint density at radius 3 is 3.00 bits per heavy atom. The summed E-state index contributed by atoms with van der Waals surface area (Å²) < 4.78 is 7.13. The van der Waals surface area contributed by atoms with Gasteiger partial charge in [0.05, 0.1) is 12.3 Å². The van der Waals surface area contributed by atoms with Crippen LogP contribution >= 0.6 is 0 Å². The SMILES string of the molecule is CCOCCNC(C)c1ccnn1C. The minimum absolute atomic E-state index is 0.322. The summed E-state index contributed by atoms with van der Waals surface area (Å²) in [5, 5.41) is 7.50. The number of ether oxygens (including phenoxy) is 1. The molecule has 1 aromatic rings. The largest absolute Gasteiger partial charge is 0.380 e. The zero-order valence-electron chi connectivity index (χ0n) is 9.16. The molecule has 0 saturated heterocycles. The number of nitrogens with one attached hydrogen (secondary N) is 1. The van der Waals surface area contributed by atoms with E-state index in [1.54, 1.807) is 0 Å². The van der Waals surface area contributed by atoms with E-state index in [1.165, 1.54) is 5.69 Å². The molecular weight excluding hydrogens is 178 g/mol. The quantitative estimate of drug-likeness (QED) is 0.694. The Morgan fingerprint density at radius 1 is 1.64 bits per heavy atom. The van der Waals surface area contributed by atoms with Crippen molar-refractivity contribution in [2.75, 3.05) is 19.8 Å². The summed E-state index contributed by atoms with van der Waals surface area (Å²) in [5.74, 6) is 0. The summed E-state index contributed by atoms with van der Waals surface area (Å²) in [4.78, 5) is 0. The van der Waals surface area contributed by atoms with Crippen LogP contribution in [0.1, 0.15) is 25.6 Å². The molecule has 0 aliphatic heterocycles. The predicted molar refractivity (Wildman–Crippen MR) is 56.1 cm³/mol. The minimum atomic E-state index is 0.322. The maximum atomic E-state index is 5.25. The molecule has 4 nitrogen and oxygen atoms in total. The molecule has 0 amide bonds. The number of hydrogen-bond donors (Lipinski definition) is 1. The highest BCUT2D eigenvalue weighted by atomic mass is 16.5. The Hall–Kier alpha value is -0.870. The van der Waals surface area contributed by atoms with Gasteiger partial charge in [0.15, 0.2) is 0 Å². The second kappa shape index (κ2) is 5.78. The molecule has 4 heteroatoms. The topological polar surface area (TPSA) is 39.1 Å². The van der Waals surface area contributed by atoms with Gasteiger partial charge < -0.3 is 10.1 Å². The lowest BCUT2D eigenvalue weighted by atomic mass is 10.2. The minimum Gasteiger partial charge on any atom is -0.380 e. The van der Waals surface area contributed by atoms with E-state index in [0.717, 1.165) is 19.8 Å². The molecule has 1 atom stereocenters. The van der Waals surface area contributed by atoms with E-state index < -0.39 is 0 Å². The number of nitrogens with zero attached hydrogens (tertiary/aromatic N) is 2. The highest BCUT2D eigenvalue weighted by Crippen LogP contribution is 2.09. The van der Waals surface area contributed by atoms with Crippen molar-refractivity contribution in [3.05, 3.63) is 18.0 Å². The first-order chi connectivity index (χ1) is 6.75. The number of rotatable bonds is 6. The molecule has 0 aliphatic rings. The Morgan fingerprint density at radius 2 is 2.43 bits per heavy atom. The van der Waals surface area contributed by atoms with Crippen LogP contribution in [0.2, 0.25) is 0 Å². The van der Waals surface area contributed by atoms with Crippen molar-refractivity contribution < 1.29 is 4.74 Å². The van der Waals surface area contributed by atoms with Crippen molar-refractivity contribution in [2.45, 2.75) is 19.9 Å². The lowest BCUT2D eigenvalue weighted by molar-refractivity contribution is 0.147. The third-order valence-corrected chi connectivity index (χ3v) is 2.20. The molecule has 0 aliphatic carbocycles. The molecule has 1 aromatic heterocycles. The van der Waals surface area contributed by atoms with Crippen molar-refractivity contribution in [3.63, 3.8) is 0 Å². The standard InChI is InChI=1S/C10H19N3O/c1-4-14-8-7-11-9(2)10-5-6-12-13(10)3/h5-6,9,11H,4,7-8H2,1-3H3. The summed E-state index contributed by atoms with van der Waals surface area (Å²) in [6.45, 7) is 6.55. The van der Waals surface area contributed by atoms with Gasteiger partial charge in [0.25, 0.3) is 0 Å². The van der Waals surface area contributed by atoms with E-state index in [9.17, 15) is 0 Å². The van der Waals surface area contributed by atoms with Crippen LogP contribution in [0.4, 0.5) is 0 Å². The molecule has 80 valence electrons. The van der Waals surface area contributed by atoms with Crippen LogP contribution in [0.3, 0.4) is 0 Å². The van der Waals surface area contributed by atoms with Crippen LogP contribution in [-0.2, 0) is 11.8 Å².